The Morgan fingerprint density at radius 1 is 1.05 bits per heavy atom. The van der Waals surface area contributed by atoms with Crippen molar-refractivity contribution < 1.29 is 18.9 Å². The Kier molecular flexibility index (Phi) is 7.39. The molecule has 0 aliphatic carbocycles. The molecule has 21 heavy (non-hydrogen) atoms. The van der Waals surface area contributed by atoms with Crippen LogP contribution >= 0.6 is 0 Å². The van der Waals surface area contributed by atoms with Gasteiger partial charge in [0.05, 0.1) is 13.2 Å². The van der Waals surface area contributed by atoms with Gasteiger partial charge in [0.2, 0.25) is 0 Å². The standard InChI is InChI=1S/C17H26O4/c1-2-3-11-18-15-8-4-5-9-16(15)19-13-14-21-17-10-6-7-12-20-17/h4-5,8-9,17H,2-3,6-7,10-14H2,1H3. The van der Waals surface area contributed by atoms with Gasteiger partial charge >= 0.3 is 0 Å². The normalized spacial score (nSPS) is 18.4. The van der Waals surface area contributed by atoms with Crippen molar-refractivity contribution in [1.82, 2.24) is 0 Å². The van der Waals surface area contributed by atoms with Crippen molar-refractivity contribution in [3.63, 3.8) is 0 Å². The summed E-state index contributed by atoms with van der Waals surface area (Å²) in [6.07, 6.45) is 5.42. The maximum absolute atomic E-state index is 5.75. The van der Waals surface area contributed by atoms with Crippen LogP contribution in [0.5, 0.6) is 11.5 Å². The molecule has 0 aromatic heterocycles. The monoisotopic (exact) mass is 294 g/mol. The Balaban J connectivity index is 1.69. The summed E-state index contributed by atoms with van der Waals surface area (Å²) in [5.74, 6) is 1.58. The molecule has 0 amide bonds. The maximum Gasteiger partial charge on any atom is 0.161 e. The zero-order valence-corrected chi connectivity index (χ0v) is 12.9. The molecule has 4 heteroatoms. The second kappa shape index (κ2) is 9.64. The number of hydrogen-bond acceptors (Lipinski definition) is 4. The highest BCUT2D eigenvalue weighted by atomic mass is 16.7. The Morgan fingerprint density at radius 3 is 2.48 bits per heavy atom. The molecule has 1 aliphatic rings. The molecule has 1 atom stereocenters. The number of benzene rings is 1. The fourth-order valence-corrected chi connectivity index (χ4v) is 2.19. The van der Waals surface area contributed by atoms with Gasteiger partial charge in [-0.15, -0.1) is 0 Å². The van der Waals surface area contributed by atoms with Gasteiger partial charge in [0, 0.05) is 6.61 Å². The number of hydrogen-bond donors (Lipinski definition) is 0. The highest BCUT2D eigenvalue weighted by Crippen LogP contribution is 2.26. The van der Waals surface area contributed by atoms with Crippen molar-refractivity contribution >= 4 is 0 Å². The van der Waals surface area contributed by atoms with Gasteiger partial charge in [-0.25, -0.2) is 0 Å². The zero-order chi connectivity index (χ0) is 14.8. The first-order valence-electron chi connectivity index (χ1n) is 7.98. The quantitative estimate of drug-likeness (QED) is 0.649. The van der Waals surface area contributed by atoms with Crippen molar-refractivity contribution in [2.24, 2.45) is 0 Å². The Bertz CT molecular complexity index is 388. The number of ether oxygens (including phenoxy) is 4. The SMILES string of the molecule is CCCCOc1ccccc1OCCOC1CCCCO1. The molecule has 4 nitrogen and oxygen atoms in total. The number of rotatable bonds is 9. The summed E-state index contributed by atoms with van der Waals surface area (Å²) in [4.78, 5) is 0. The third-order valence-corrected chi connectivity index (χ3v) is 3.39. The molecule has 0 N–H and O–H groups in total. The second-order valence-electron chi connectivity index (χ2n) is 5.16. The average Bonchev–Trinajstić information content (AvgIpc) is 2.54. The lowest BCUT2D eigenvalue weighted by atomic mass is 10.2. The molecular weight excluding hydrogens is 268 g/mol. The van der Waals surface area contributed by atoms with E-state index < -0.39 is 0 Å². The van der Waals surface area contributed by atoms with E-state index in [4.69, 9.17) is 18.9 Å². The Morgan fingerprint density at radius 2 is 1.81 bits per heavy atom. The molecular formula is C17H26O4. The van der Waals surface area contributed by atoms with Gasteiger partial charge in [-0.2, -0.15) is 0 Å². The minimum atomic E-state index is -0.0570. The van der Waals surface area contributed by atoms with Crippen LogP contribution in [0.15, 0.2) is 24.3 Å². The lowest BCUT2D eigenvalue weighted by Crippen LogP contribution is -2.24. The molecule has 2 rings (SSSR count). The van der Waals surface area contributed by atoms with Crippen LogP contribution in [-0.2, 0) is 9.47 Å². The molecule has 0 spiro atoms. The van der Waals surface area contributed by atoms with Crippen molar-refractivity contribution in [3.05, 3.63) is 24.3 Å². The van der Waals surface area contributed by atoms with E-state index >= 15 is 0 Å². The van der Waals surface area contributed by atoms with Crippen LogP contribution in [0, 0.1) is 0 Å². The topological polar surface area (TPSA) is 36.9 Å². The molecule has 1 aliphatic heterocycles. The third kappa shape index (κ3) is 5.94. The Labute approximate surface area is 127 Å². The lowest BCUT2D eigenvalue weighted by molar-refractivity contribution is -0.165. The van der Waals surface area contributed by atoms with Crippen molar-refractivity contribution in [3.8, 4) is 11.5 Å². The molecule has 118 valence electrons. The van der Waals surface area contributed by atoms with Gasteiger partial charge in [0.25, 0.3) is 0 Å². The summed E-state index contributed by atoms with van der Waals surface area (Å²) >= 11 is 0. The van der Waals surface area contributed by atoms with Crippen LogP contribution in [0.3, 0.4) is 0 Å². The minimum Gasteiger partial charge on any atom is -0.490 e. The van der Waals surface area contributed by atoms with Gasteiger partial charge in [-0.3, -0.25) is 0 Å². The molecule has 1 unspecified atom stereocenters. The van der Waals surface area contributed by atoms with Crippen LogP contribution < -0.4 is 9.47 Å². The highest BCUT2D eigenvalue weighted by Gasteiger charge is 2.13. The third-order valence-electron chi connectivity index (χ3n) is 3.39. The molecule has 1 aromatic carbocycles. The second-order valence-corrected chi connectivity index (χ2v) is 5.16. The van der Waals surface area contributed by atoms with E-state index in [9.17, 15) is 0 Å². The van der Waals surface area contributed by atoms with Crippen LogP contribution in [0.2, 0.25) is 0 Å². The van der Waals surface area contributed by atoms with Gasteiger partial charge in [-0.1, -0.05) is 25.5 Å². The van der Waals surface area contributed by atoms with E-state index in [1.54, 1.807) is 0 Å². The molecule has 0 saturated carbocycles. The summed E-state index contributed by atoms with van der Waals surface area (Å²) in [5.41, 5.74) is 0. The molecule has 0 bridgehead atoms. The van der Waals surface area contributed by atoms with Crippen LogP contribution in [0.4, 0.5) is 0 Å². The summed E-state index contributed by atoms with van der Waals surface area (Å²) in [6.45, 7) is 4.72. The van der Waals surface area contributed by atoms with Gasteiger partial charge < -0.3 is 18.9 Å². The molecule has 1 aromatic rings. The summed E-state index contributed by atoms with van der Waals surface area (Å²) < 4.78 is 22.7. The fraction of sp³-hybridized carbons (Fsp3) is 0.647. The zero-order valence-electron chi connectivity index (χ0n) is 12.9. The van der Waals surface area contributed by atoms with Crippen LogP contribution in [0.25, 0.3) is 0 Å². The first kappa shape index (κ1) is 16.1. The Hall–Kier alpha value is -1.26. The van der Waals surface area contributed by atoms with E-state index in [0.29, 0.717) is 13.2 Å². The molecule has 1 heterocycles. The first-order valence-corrected chi connectivity index (χ1v) is 7.98. The van der Waals surface area contributed by atoms with Gasteiger partial charge in [-0.05, 0) is 37.8 Å². The maximum atomic E-state index is 5.75. The van der Waals surface area contributed by atoms with Gasteiger partial charge in [0.15, 0.2) is 17.8 Å². The predicted octanol–water partition coefficient (Wildman–Crippen LogP) is 3.79. The van der Waals surface area contributed by atoms with E-state index in [2.05, 4.69) is 6.92 Å². The predicted molar refractivity (Wildman–Crippen MR) is 81.9 cm³/mol. The lowest BCUT2D eigenvalue weighted by Gasteiger charge is -2.22. The van der Waals surface area contributed by atoms with Crippen LogP contribution in [-0.4, -0.2) is 32.7 Å². The number of unbranched alkanes of at least 4 members (excludes halogenated alkanes) is 1. The van der Waals surface area contributed by atoms with E-state index in [-0.39, 0.29) is 6.29 Å². The fourth-order valence-electron chi connectivity index (χ4n) is 2.19. The van der Waals surface area contributed by atoms with Crippen LogP contribution in [0.1, 0.15) is 39.0 Å². The van der Waals surface area contributed by atoms with E-state index in [1.165, 1.54) is 6.42 Å². The van der Waals surface area contributed by atoms with Crippen molar-refractivity contribution in [2.45, 2.75) is 45.3 Å². The number of para-hydroxylation sites is 2. The first-order chi connectivity index (χ1) is 10.4. The largest absolute Gasteiger partial charge is 0.490 e. The van der Waals surface area contributed by atoms with Gasteiger partial charge in [0.1, 0.15) is 6.61 Å². The van der Waals surface area contributed by atoms with E-state index in [0.717, 1.165) is 50.4 Å². The highest BCUT2D eigenvalue weighted by molar-refractivity contribution is 5.39. The average molecular weight is 294 g/mol. The minimum absolute atomic E-state index is 0.0570. The van der Waals surface area contributed by atoms with Crippen molar-refractivity contribution in [1.29, 1.82) is 0 Å². The molecule has 1 saturated heterocycles. The smallest absolute Gasteiger partial charge is 0.161 e. The van der Waals surface area contributed by atoms with E-state index in [1.807, 2.05) is 24.3 Å². The van der Waals surface area contributed by atoms with Crippen molar-refractivity contribution in [2.75, 3.05) is 26.4 Å². The summed E-state index contributed by atoms with van der Waals surface area (Å²) in [5, 5.41) is 0. The summed E-state index contributed by atoms with van der Waals surface area (Å²) in [7, 11) is 0. The summed E-state index contributed by atoms with van der Waals surface area (Å²) in [6, 6.07) is 7.78. The molecule has 1 fully saturated rings. The molecule has 0 radical (unpaired) electrons.